The quantitative estimate of drug-likeness (QED) is 0.464. The predicted molar refractivity (Wildman–Crippen MR) is 46.7 cm³/mol. The maximum Gasteiger partial charge on any atom is 0.417 e. The van der Waals surface area contributed by atoms with Crippen molar-refractivity contribution in [2.75, 3.05) is 19.6 Å². The second-order valence-electron chi connectivity index (χ2n) is 3.89. The van der Waals surface area contributed by atoms with Crippen molar-refractivity contribution in [3.63, 3.8) is 0 Å². The zero-order chi connectivity index (χ0) is 10.1. The fraction of sp³-hybridized carbons (Fsp3) is 0.778. The molecule has 0 radical (unpaired) electrons. The van der Waals surface area contributed by atoms with Crippen LogP contribution in [0.1, 0.15) is 12.8 Å². The van der Waals surface area contributed by atoms with Crippen molar-refractivity contribution in [3.8, 4) is 0 Å². The maximum absolute atomic E-state index is 10.8. The van der Waals surface area contributed by atoms with Crippen molar-refractivity contribution >= 4 is 11.9 Å². The largest absolute Gasteiger partial charge is 0.473 e. The molecule has 0 aromatic carbocycles. The molecule has 3 aliphatic rings. The number of nitrogens with zero attached hydrogens (tertiary/aromatic N) is 1. The lowest BCUT2D eigenvalue weighted by atomic mass is 9.86. The first-order valence-electron chi connectivity index (χ1n) is 4.83. The van der Waals surface area contributed by atoms with Gasteiger partial charge in [-0.1, -0.05) is 0 Å². The van der Waals surface area contributed by atoms with Crippen LogP contribution in [0.15, 0.2) is 0 Å². The van der Waals surface area contributed by atoms with Gasteiger partial charge in [0, 0.05) is 6.54 Å². The van der Waals surface area contributed by atoms with Crippen molar-refractivity contribution in [1.29, 1.82) is 0 Å². The van der Waals surface area contributed by atoms with Crippen LogP contribution in [0.25, 0.3) is 0 Å². The summed E-state index contributed by atoms with van der Waals surface area (Å²) in [6, 6.07) is 0. The Kier molecular flexibility index (Phi) is 2.41. The second-order valence-corrected chi connectivity index (χ2v) is 3.89. The van der Waals surface area contributed by atoms with Gasteiger partial charge < -0.3 is 9.84 Å². The third kappa shape index (κ3) is 1.72. The molecule has 0 amide bonds. The molecule has 14 heavy (non-hydrogen) atoms. The molecule has 1 N–H and O–H groups in total. The molecule has 0 aliphatic carbocycles. The Morgan fingerprint density at radius 2 is 1.93 bits per heavy atom. The number of carbonyl (C=O) groups excluding carboxylic acids is 1. The van der Waals surface area contributed by atoms with E-state index in [0.717, 1.165) is 25.9 Å². The van der Waals surface area contributed by atoms with Gasteiger partial charge >= 0.3 is 11.9 Å². The Balaban J connectivity index is 1.93. The van der Waals surface area contributed by atoms with E-state index in [2.05, 4.69) is 4.90 Å². The SMILES string of the molecule is O=C(O)C(=O)OC1CN2CCC1CC2. The summed E-state index contributed by atoms with van der Waals surface area (Å²) >= 11 is 0. The Hall–Kier alpha value is -1.10. The first-order chi connectivity index (χ1) is 6.66. The lowest BCUT2D eigenvalue weighted by Gasteiger charge is -2.43. The van der Waals surface area contributed by atoms with Gasteiger partial charge in [0.1, 0.15) is 6.10 Å². The van der Waals surface area contributed by atoms with Gasteiger partial charge in [-0.05, 0) is 31.8 Å². The molecular weight excluding hydrogens is 186 g/mol. The van der Waals surface area contributed by atoms with E-state index in [-0.39, 0.29) is 6.10 Å². The summed E-state index contributed by atoms with van der Waals surface area (Å²) in [6.07, 6.45) is 1.82. The number of piperidine rings is 3. The normalized spacial score (nSPS) is 35.3. The third-order valence-electron chi connectivity index (χ3n) is 3.03. The zero-order valence-electron chi connectivity index (χ0n) is 7.81. The Morgan fingerprint density at radius 3 is 2.36 bits per heavy atom. The predicted octanol–water partition coefficient (Wildman–Crippen LogP) is -0.292. The molecule has 5 heteroatoms. The van der Waals surface area contributed by atoms with Gasteiger partial charge in [-0.2, -0.15) is 0 Å². The summed E-state index contributed by atoms with van der Waals surface area (Å²) < 4.78 is 4.91. The van der Waals surface area contributed by atoms with E-state index >= 15 is 0 Å². The van der Waals surface area contributed by atoms with E-state index in [1.807, 2.05) is 0 Å². The minimum absolute atomic E-state index is 0.207. The highest BCUT2D eigenvalue weighted by Crippen LogP contribution is 2.29. The molecule has 3 rings (SSSR count). The number of aliphatic carboxylic acids is 1. The fourth-order valence-electron chi connectivity index (χ4n) is 2.23. The monoisotopic (exact) mass is 199 g/mol. The van der Waals surface area contributed by atoms with Crippen LogP contribution in [0, 0.1) is 5.92 Å². The first kappa shape index (κ1) is 9.45. The average Bonchev–Trinajstić information content (AvgIpc) is 2.19. The molecule has 0 saturated carbocycles. The fourth-order valence-corrected chi connectivity index (χ4v) is 2.23. The maximum atomic E-state index is 10.8. The van der Waals surface area contributed by atoms with E-state index in [0.29, 0.717) is 12.5 Å². The summed E-state index contributed by atoms with van der Waals surface area (Å²) in [5.74, 6) is -2.26. The number of fused-ring (bicyclic) bond motifs is 3. The third-order valence-corrected chi connectivity index (χ3v) is 3.03. The smallest absolute Gasteiger partial charge is 0.417 e. The van der Waals surface area contributed by atoms with E-state index in [9.17, 15) is 9.59 Å². The molecule has 5 nitrogen and oxygen atoms in total. The van der Waals surface area contributed by atoms with E-state index in [4.69, 9.17) is 9.84 Å². The van der Waals surface area contributed by atoms with Gasteiger partial charge in [0.25, 0.3) is 0 Å². The number of esters is 1. The average molecular weight is 199 g/mol. The Bertz CT molecular complexity index is 258. The van der Waals surface area contributed by atoms with Crippen LogP contribution in [0.2, 0.25) is 0 Å². The Labute approximate surface area is 81.6 Å². The molecule has 0 aromatic heterocycles. The van der Waals surface area contributed by atoms with Crippen LogP contribution in [-0.4, -0.2) is 47.7 Å². The van der Waals surface area contributed by atoms with Crippen LogP contribution in [0.4, 0.5) is 0 Å². The van der Waals surface area contributed by atoms with Gasteiger partial charge in [0.2, 0.25) is 0 Å². The topological polar surface area (TPSA) is 66.8 Å². The van der Waals surface area contributed by atoms with Crippen LogP contribution in [-0.2, 0) is 14.3 Å². The molecule has 1 atom stereocenters. The summed E-state index contributed by atoms with van der Waals surface area (Å²) in [4.78, 5) is 23.3. The molecule has 3 aliphatic heterocycles. The minimum atomic E-state index is -1.50. The molecule has 0 aromatic rings. The Morgan fingerprint density at radius 1 is 1.29 bits per heavy atom. The standard InChI is InChI=1S/C9H13NO4/c11-8(12)9(13)14-7-5-10-3-1-6(7)2-4-10/h6-7H,1-5H2,(H,11,12). The molecule has 0 spiro atoms. The molecule has 3 heterocycles. The number of carboxylic acid groups (broad SMARTS) is 1. The van der Waals surface area contributed by atoms with E-state index < -0.39 is 11.9 Å². The number of rotatable bonds is 1. The first-order valence-corrected chi connectivity index (χ1v) is 4.83. The molecular formula is C9H13NO4. The van der Waals surface area contributed by atoms with Crippen molar-refractivity contribution < 1.29 is 19.4 Å². The highest BCUT2D eigenvalue weighted by molar-refractivity contribution is 6.28. The molecule has 3 saturated heterocycles. The number of carbonyl (C=O) groups is 2. The molecule has 78 valence electrons. The van der Waals surface area contributed by atoms with Gasteiger partial charge in [0.15, 0.2) is 0 Å². The van der Waals surface area contributed by atoms with E-state index in [1.54, 1.807) is 0 Å². The number of ether oxygens (including phenoxy) is 1. The van der Waals surface area contributed by atoms with Gasteiger partial charge in [-0.25, -0.2) is 9.59 Å². The van der Waals surface area contributed by atoms with Crippen molar-refractivity contribution in [2.24, 2.45) is 5.92 Å². The van der Waals surface area contributed by atoms with Crippen molar-refractivity contribution in [2.45, 2.75) is 18.9 Å². The highest BCUT2D eigenvalue weighted by atomic mass is 16.6. The number of hydrogen-bond acceptors (Lipinski definition) is 4. The van der Waals surface area contributed by atoms with Gasteiger partial charge in [-0.3, -0.25) is 4.90 Å². The van der Waals surface area contributed by atoms with Crippen LogP contribution in [0.3, 0.4) is 0 Å². The molecule has 1 unspecified atom stereocenters. The number of hydrogen-bond donors (Lipinski definition) is 1. The van der Waals surface area contributed by atoms with Crippen molar-refractivity contribution in [3.05, 3.63) is 0 Å². The summed E-state index contributed by atoms with van der Waals surface area (Å²) in [6.45, 7) is 2.79. The molecule has 2 bridgehead atoms. The highest BCUT2D eigenvalue weighted by Gasteiger charge is 2.37. The van der Waals surface area contributed by atoms with E-state index in [1.165, 1.54) is 0 Å². The van der Waals surface area contributed by atoms with Crippen LogP contribution >= 0.6 is 0 Å². The second kappa shape index (κ2) is 3.57. The zero-order valence-corrected chi connectivity index (χ0v) is 7.81. The van der Waals surface area contributed by atoms with Crippen molar-refractivity contribution in [1.82, 2.24) is 4.90 Å². The summed E-state index contributed by atoms with van der Waals surface area (Å²) in [5.41, 5.74) is 0. The van der Waals surface area contributed by atoms with Gasteiger partial charge in [-0.15, -0.1) is 0 Å². The lowest BCUT2D eigenvalue weighted by Crippen LogP contribution is -2.52. The van der Waals surface area contributed by atoms with Crippen LogP contribution in [0.5, 0.6) is 0 Å². The molecule has 3 fully saturated rings. The van der Waals surface area contributed by atoms with Crippen LogP contribution < -0.4 is 0 Å². The minimum Gasteiger partial charge on any atom is -0.473 e. The number of carboxylic acids is 1. The van der Waals surface area contributed by atoms with Gasteiger partial charge in [0.05, 0.1) is 0 Å². The summed E-state index contributed by atoms with van der Waals surface area (Å²) in [7, 11) is 0. The summed E-state index contributed by atoms with van der Waals surface area (Å²) in [5, 5.41) is 8.39. The lowest BCUT2D eigenvalue weighted by molar-refractivity contribution is -0.173.